The number of benzene rings is 1. The van der Waals surface area contributed by atoms with Gasteiger partial charge in [0.05, 0.1) is 12.5 Å². The minimum absolute atomic E-state index is 0.117. The number of ether oxygens (including phenoxy) is 2. The molecule has 2 atom stereocenters. The highest BCUT2D eigenvalue weighted by Crippen LogP contribution is 2.52. The largest absolute Gasteiger partial charge is 0.352 e. The molecular weight excluding hydrogens is 258 g/mol. The van der Waals surface area contributed by atoms with Gasteiger partial charge in [0.1, 0.15) is 5.92 Å². The van der Waals surface area contributed by atoms with Crippen molar-refractivity contribution in [1.82, 2.24) is 4.90 Å². The van der Waals surface area contributed by atoms with Gasteiger partial charge in [0, 0.05) is 20.6 Å². The van der Waals surface area contributed by atoms with E-state index in [-0.39, 0.29) is 17.7 Å². The number of amides is 2. The number of nitrogens with zero attached hydrogens (tertiary/aromatic N) is 1. The number of carbonyl (C=O) groups is 2. The van der Waals surface area contributed by atoms with Crippen LogP contribution in [0.3, 0.4) is 0 Å². The lowest BCUT2D eigenvalue weighted by atomic mass is 9.69. The number of hydrogen-bond acceptors (Lipinski definition) is 4. The molecule has 0 spiro atoms. The summed E-state index contributed by atoms with van der Waals surface area (Å²) in [7, 11) is 3.02. The molecule has 3 rings (SSSR count). The van der Waals surface area contributed by atoms with E-state index in [2.05, 4.69) is 0 Å². The van der Waals surface area contributed by atoms with Gasteiger partial charge in [-0.2, -0.15) is 0 Å². The van der Waals surface area contributed by atoms with Crippen molar-refractivity contribution in [2.45, 2.75) is 18.8 Å². The van der Waals surface area contributed by atoms with Crippen LogP contribution in [-0.4, -0.2) is 36.7 Å². The summed E-state index contributed by atoms with van der Waals surface area (Å²) in [5.74, 6) is -2.05. The van der Waals surface area contributed by atoms with Crippen molar-refractivity contribution in [3.05, 3.63) is 35.9 Å². The Kier molecular flexibility index (Phi) is 3.11. The zero-order valence-corrected chi connectivity index (χ0v) is 11.5. The predicted molar refractivity (Wildman–Crippen MR) is 70.3 cm³/mol. The van der Waals surface area contributed by atoms with Gasteiger partial charge in [-0.05, 0) is 5.56 Å². The Labute approximate surface area is 117 Å². The lowest BCUT2D eigenvalue weighted by molar-refractivity contribution is -0.291. The fourth-order valence-corrected chi connectivity index (χ4v) is 3.19. The van der Waals surface area contributed by atoms with Crippen LogP contribution < -0.4 is 0 Å². The molecule has 0 bridgehead atoms. The van der Waals surface area contributed by atoms with E-state index < -0.39 is 11.7 Å². The number of carbonyl (C=O) groups excluding carboxylic acids is 2. The molecule has 0 unspecified atom stereocenters. The molecule has 1 heterocycles. The van der Waals surface area contributed by atoms with Gasteiger partial charge in [0.2, 0.25) is 11.8 Å². The van der Waals surface area contributed by atoms with Gasteiger partial charge in [-0.1, -0.05) is 30.3 Å². The van der Waals surface area contributed by atoms with Gasteiger partial charge >= 0.3 is 0 Å². The summed E-state index contributed by atoms with van der Waals surface area (Å²) < 4.78 is 10.7. The molecule has 2 fully saturated rings. The Morgan fingerprint density at radius 2 is 1.80 bits per heavy atom. The molecule has 1 aromatic rings. The number of fused-ring (bicyclic) bond motifs is 1. The van der Waals surface area contributed by atoms with E-state index in [0.717, 1.165) is 5.56 Å². The first kappa shape index (κ1) is 13.3. The molecule has 20 heavy (non-hydrogen) atoms. The summed E-state index contributed by atoms with van der Waals surface area (Å²) in [5, 5.41) is 0. The Morgan fingerprint density at radius 1 is 1.15 bits per heavy atom. The van der Waals surface area contributed by atoms with Gasteiger partial charge in [0.15, 0.2) is 5.79 Å². The number of rotatable bonds is 4. The molecule has 1 saturated carbocycles. The minimum Gasteiger partial charge on any atom is -0.352 e. The number of imide groups is 1. The van der Waals surface area contributed by atoms with Crippen LogP contribution in [0.1, 0.15) is 12.0 Å². The smallest absolute Gasteiger partial charge is 0.238 e. The molecule has 1 aliphatic heterocycles. The van der Waals surface area contributed by atoms with Gasteiger partial charge in [-0.3, -0.25) is 14.5 Å². The average Bonchev–Trinajstić information content (AvgIpc) is 2.63. The van der Waals surface area contributed by atoms with E-state index in [0.29, 0.717) is 13.0 Å². The molecule has 5 heteroatoms. The molecule has 0 radical (unpaired) electrons. The van der Waals surface area contributed by atoms with E-state index in [4.69, 9.17) is 9.47 Å². The number of methoxy groups -OCH3 is 2. The van der Waals surface area contributed by atoms with Gasteiger partial charge in [-0.25, -0.2) is 0 Å². The summed E-state index contributed by atoms with van der Waals surface area (Å²) in [6.07, 6.45) is 0.445. The zero-order valence-electron chi connectivity index (χ0n) is 11.5. The SMILES string of the molecule is COC1(OC)C[C@H]2C(=O)N(Cc3ccccc3)C(=O)[C@H]21. The average molecular weight is 275 g/mol. The monoisotopic (exact) mass is 275 g/mol. The highest BCUT2D eigenvalue weighted by molar-refractivity contribution is 6.07. The first-order chi connectivity index (χ1) is 9.63. The van der Waals surface area contributed by atoms with Crippen LogP contribution in [0, 0.1) is 11.8 Å². The summed E-state index contributed by atoms with van der Waals surface area (Å²) >= 11 is 0. The fourth-order valence-electron chi connectivity index (χ4n) is 3.19. The maximum atomic E-state index is 12.5. The number of likely N-dealkylation sites (tertiary alicyclic amines) is 1. The topological polar surface area (TPSA) is 55.8 Å². The van der Waals surface area contributed by atoms with Crippen molar-refractivity contribution in [1.29, 1.82) is 0 Å². The second-order valence-corrected chi connectivity index (χ2v) is 5.26. The van der Waals surface area contributed by atoms with Crippen LogP contribution >= 0.6 is 0 Å². The van der Waals surface area contributed by atoms with E-state index in [1.807, 2.05) is 30.3 Å². The van der Waals surface area contributed by atoms with Crippen LogP contribution in [0.4, 0.5) is 0 Å². The maximum absolute atomic E-state index is 12.5. The molecule has 5 nitrogen and oxygen atoms in total. The third kappa shape index (κ3) is 1.70. The Balaban J connectivity index is 1.82. The Bertz CT molecular complexity index is 538. The Hall–Kier alpha value is -1.72. The molecular formula is C15H17NO4. The quantitative estimate of drug-likeness (QED) is 0.611. The minimum atomic E-state index is -0.928. The second-order valence-electron chi connectivity index (χ2n) is 5.26. The molecule has 0 aromatic heterocycles. The molecule has 106 valence electrons. The van der Waals surface area contributed by atoms with Gasteiger partial charge < -0.3 is 9.47 Å². The van der Waals surface area contributed by atoms with E-state index in [1.165, 1.54) is 19.1 Å². The van der Waals surface area contributed by atoms with Crippen LogP contribution in [0.15, 0.2) is 30.3 Å². The molecule has 2 aliphatic rings. The third-order valence-electron chi connectivity index (χ3n) is 4.37. The first-order valence-corrected chi connectivity index (χ1v) is 6.62. The van der Waals surface area contributed by atoms with Crippen LogP contribution in [0.2, 0.25) is 0 Å². The Morgan fingerprint density at radius 3 is 2.40 bits per heavy atom. The summed E-state index contributed by atoms with van der Waals surface area (Å²) in [6.45, 7) is 0.314. The molecule has 1 saturated heterocycles. The molecule has 0 N–H and O–H groups in total. The van der Waals surface area contributed by atoms with Gasteiger partial charge in [0.25, 0.3) is 0 Å². The van der Waals surface area contributed by atoms with Crippen molar-refractivity contribution in [2.75, 3.05) is 14.2 Å². The highest BCUT2D eigenvalue weighted by Gasteiger charge is 2.67. The van der Waals surface area contributed by atoms with Crippen molar-refractivity contribution in [2.24, 2.45) is 11.8 Å². The molecule has 2 amide bonds. The predicted octanol–water partition coefficient (Wildman–Crippen LogP) is 1.18. The maximum Gasteiger partial charge on any atom is 0.238 e. The fraction of sp³-hybridized carbons (Fsp3) is 0.467. The van der Waals surface area contributed by atoms with Crippen molar-refractivity contribution in [3.63, 3.8) is 0 Å². The van der Waals surface area contributed by atoms with E-state index in [9.17, 15) is 9.59 Å². The van der Waals surface area contributed by atoms with Crippen LogP contribution in [0.5, 0.6) is 0 Å². The first-order valence-electron chi connectivity index (χ1n) is 6.62. The van der Waals surface area contributed by atoms with Crippen LogP contribution in [-0.2, 0) is 25.6 Å². The lowest BCUT2D eigenvalue weighted by Crippen LogP contribution is -2.58. The summed E-state index contributed by atoms with van der Waals surface area (Å²) in [5.41, 5.74) is 0.941. The van der Waals surface area contributed by atoms with Gasteiger partial charge in [-0.15, -0.1) is 0 Å². The summed E-state index contributed by atoms with van der Waals surface area (Å²) in [6, 6.07) is 9.50. The van der Waals surface area contributed by atoms with E-state index in [1.54, 1.807) is 0 Å². The number of hydrogen-bond donors (Lipinski definition) is 0. The lowest BCUT2D eigenvalue weighted by Gasteiger charge is -2.46. The van der Waals surface area contributed by atoms with Crippen molar-refractivity contribution < 1.29 is 19.1 Å². The standard InChI is InChI=1S/C15H17NO4/c1-19-15(20-2)8-11-12(15)14(18)16(13(11)17)9-10-6-4-3-5-7-10/h3-7,11-12H,8-9H2,1-2H3/t11-,12+/m1/s1. The summed E-state index contributed by atoms with van der Waals surface area (Å²) in [4.78, 5) is 26.1. The normalized spacial score (nSPS) is 27.4. The van der Waals surface area contributed by atoms with Crippen LogP contribution in [0.25, 0.3) is 0 Å². The molecule has 1 aromatic carbocycles. The second kappa shape index (κ2) is 4.68. The highest BCUT2D eigenvalue weighted by atomic mass is 16.7. The van der Waals surface area contributed by atoms with E-state index >= 15 is 0 Å². The third-order valence-corrected chi connectivity index (χ3v) is 4.37. The van der Waals surface area contributed by atoms with Crippen molar-refractivity contribution in [3.8, 4) is 0 Å². The zero-order chi connectivity index (χ0) is 14.3. The van der Waals surface area contributed by atoms with Crippen molar-refractivity contribution >= 4 is 11.8 Å². The molecule has 1 aliphatic carbocycles.